The monoisotopic (exact) mass is 277 g/mol. The molecule has 0 spiro atoms. The van der Waals surface area contributed by atoms with Crippen LogP contribution in [0.25, 0.3) is 11.0 Å². The van der Waals surface area contributed by atoms with Gasteiger partial charge in [-0.15, -0.1) is 11.8 Å². The largest absolute Gasteiger partial charge is 0.353 e. The van der Waals surface area contributed by atoms with Crippen molar-refractivity contribution in [2.24, 2.45) is 0 Å². The molecule has 0 aliphatic carbocycles. The smallest absolute Gasteiger partial charge is 0.230 e. The van der Waals surface area contributed by atoms with Crippen LogP contribution in [0.4, 0.5) is 0 Å². The normalized spacial score (nSPS) is 12.8. The van der Waals surface area contributed by atoms with Crippen molar-refractivity contribution >= 4 is 28.7 Å². The van der Waals surface area contributed by atoms with Crippen molar-refractivity contribution in [2.45, 2.75) is 32.1 Å². The van der Waals surface area contributed by atoms with Crippen LogP contribution >= 0.6 is 11.8 Å². The summed E-state index contributed by atoms with van der Waals surface area (Å²) in [5.41, 5.74) is 2.01. The number of aromatic nitrogens is 2. The molecule has 2 aromatic rings. The Kier molecular flexibility index (Phi) is 4.47. The van der Waals surface area contributed by atoms with Gasteiger partial charge >= 0.3 is 0 Å². The van der Waals surface area contributed by atoms with E-state index in [0.29, 0.717) is 5.75 Å². The van der Waals surface area contributed by atoms with E-state index in [-0.39, 0.29) is 17.2 Å². The first-order valence-corrected chi connectivity index (χ1v) is 7.46. The van der Waals surface area contributed by atoms with Gasteiger partial charge in [0.1, 0.15) is 5.82 Å². The highest BCUT2D eigenvalue weighted by Gasteiger charge is 2.13. The second-order valence-electron chi connectivity index (χ2n) is 4.81. The number of para-hydroxylation sites is 2. The molecule has 0 radical (unpaired) electrons. The van der Waals surface area contributed by atoms with E-state index >= 15 is 0 Å². The maximum Gasteiger partial charge on any atom is 0.230 e. The molecule has 0 fully saturated rings. The third-order valence-corrected chi connectivity index (χ3v) is 3.86. The number of amides is 1. The second-order valence-corrected chi connectivity index (χ2v) is 6.14. The number of imidazole rings is 1. The van der Waals surface area contributed by atoms with E-state index in [1.807, 2.05) is 38.1 Å². The average Bonchev–Trinajstić information content (AvgIpc) is 2.78. The van der Waals surface area contributed by atoms with Crippen LogP contribution in [0.3, 0.4) is 0 Å². The van der Waals surface area contributed by atoms with Gasteiger partial charge < -0.3 is 10.3 Å². The predicted octanol–water partition coefficient (Wildman–Crippen LogP) is 2.88. The minimum Gasteiger partial charge on any atom is -0.353 e. The number of fused-ring (bicyclic) bond motifs is 1. The fourth-order valence-corrected chi connectivity index (χ4v) is 2.56. The molecule has 0 aliphatic rings. The van der Waals surface area contributed by atoms with Crippen molar-refractivity contribution in [3.63, 3.8) is 0 Å². The van der Waals surface area contributed by atoms with Crippen LogP contribution in [0.5, 0.6) is 0 Å². The first kappa shape index (κ1) is 13.9. The molecule has 102 valence electrons. The first-order valence-electron chi connectivity index (χ1n) is 6.42. The van der Waals surface area contributed by atoms with Gasteiger partial charge in [-0.2, -0.15) is 0 Å². The lowest BCUT2D eigenvalue weighted by atomic mass is 10.3. The highest BCUT2D eigenvalue weighted by molar-refractivity contribution is 8.00. The zero-order chi connectivity index (χ0) is 13.8. The number of benzene rings is 1. The Hall–Kier alpha value is -1.49. The van der Waals surface area contributed by atoms with Gasteiger partial charge in [-0.05, 0) is 32.9 Å². The molecular weight excluding hydrogens is 258 g/mol. The lowest BCUT2D eigenvalue weighted by Crippen LogP contribution is -2.31. The van der Waals surface area contributed by atoms with Crippen molar-refractivity contribution in [3.05, 3.63) is 30.1 Å². The number of hydrogen-bond donors (Lipinski definition) is 2. The summed E-state index contributed by atoms with van der Waals surface area (Å²) in [6.07, 6.45) is 0. The zero-order valence-electron chi connectivity index (χ0n) is 11.4. The van der Waals surface area contributed by atoms with E-state index in [0.717, 1.165) is 16.9 Å². The standard InChI is InChI=1S/C14H19N3OS/c1-9(2)15-13(18)8-19-10(3)14-16-11-6-4-5-7-12(11)17-14/h4-7,9-10H,8H2,1-3H3,(H,15,18)(H,16,17). The maximum atomic E-state index is 11.6. The fourth-order valence-electron chi connectivity index (χ4n) is 1.81. The molecule has 5 heteroatoms. The molecule has 19 heavy (non-hydrogen) atoms. The van der Waals surface area contributed by atoms with Crippen molar-refractivity contribution in [1.29, 1.82) is 0 Å². The molecule has 0 saturated carbocycles. The quantitative estimate of drug-likeness (QED) is 0.883. The van der Waals surface area contributed by atoms with Crippen LogP contribution in [-0.4, -0.2) is 27.7 Å². The van der Waals surface area contributed by atoms with Gasteiger partial charge in [0, 0.05) is 6.04 Å². The average molecular weight is 277 g/mol. The summed E-state index contributed by atoms with van der Waals surface area (Å²) in [6.45, 7) is 5.99. The van der Waals surface area contributed by atoms with E-state index in [1.54, 1.807) is 11.8 Å². The van der Waals surface area contributed by atoms with Gasteiger partial charge in [-0.25, -0.2) is 4.98 Å². The molecule has 2 rings (SSSR count). The third kappa shape index (κ3) is 3.73. The Labute approximate surface area is 117 Å². The van der Waals surface area contributed by atoms with Gasteiger partial charge in [-0.3, -0.25) is 4.79 Å². The molecule has 1 unspecified atom stereocenters. The number of thioether (sulfide) groups is 1. The molecule has 1 atom stereocenters. The Morgan fingerprint density at radius 3 is 2.79 bits per heavy atom. The van der Waals surface area contributed by atoms with E-state index in [1.165, 1.54) is 0 Å². The Morgan fingerprint density at radius 1 is 1.37 bits per heavy atom. The van der Waals surface area contributed by atoms with Gasteiger partial charge in [0.2, 0.25) is 5.91 Å². The lowest BCUT2D eigenvalue weighted by molar-refractivity contribution is -0.119. The second kappa shape index (κ2) is 6.10. The lowest BCUT2D eigenvalue weighted by Gasteiger charge is -2.10. The van der Waals surface area contributed by atoms with Crippen LogP contribution in [0.15, 0.2) is 24.3 Å². The van der Waals surface area contributed by atoms with Crippen LogP contribution in [0, 0.1) is 0 Å². The highest BCUT2D eigenvalue weighted by Crippen LogP contribution is 2.27. The molecule has 1 heterocycles. The number of carbonyl (C=O) groups is 1. The molecular formula is C14H19N3OS. The van der Waals surface area contributed by atoms with Crippen LogP contribution in [-0.2, 0) is 4.79 Å². The Morgan fingerprint density at radius 2 is 2.11 bits per heavy atom. The Bertz CT molecular complexity index is 532. The number of hydrogen-bond acceptors (Lipinski definition) is 3. The molecule has 0 aliphatic heterocycles. The van der Waals surface area contributed by atoms with Crippen LogP contribution in [0.1, 0.15) is 31.8 Å². The minimum atomic E-state index is 0.0722. The maximum absolute atomic E-state index is 11.6. The molecule has 2 N–H and O–H groups in total. The first-order chi connectivity index (χ1) is 9.06. The number of H-pyrrole nitrogens is 1. The minimum absolute atomic E-state index is 0.0722. The van der Waals surface area contributed by atoms with Crippen molar-refractivity contribution in [3.8, 4) is 0 Å². The zero-order valence-corrected chi connectivity index (χ0v) is 12.3. The van der Waals surface area contributed by atoms with E-state index in [2.05, 4.69) is 22.2 Å². The van der Waals surface area contributed by atoms with E-state index in [9.17, 15) is 4.79 Å². The van der Waals surface area contributed by atoms with Crippen molar-refractivity contribution < 1.29 is 4.79 Å². The number of nitrogens with zero attached hydrogens (tertiary/aromatic N) is 1. The van der Waals surface area contributed by atoms with Crippen molar-refractivity contribution in [1.82, 2.24) is 15.3 Å². The third-order valence-electron chi connectivity index (χ3n) is 2.71. The van der Waals surface area contributed by atoms with Gasteiger partial charge in [0.25, 0.3) is 0 Å². The van der Waals surface area contributed by atoms with E-state index < -0.39 is 0 Å². The predicted molar refractivity (Wildman–Crippen MR) is 80.2 cm³/mol. The Balaban J connectivity index is 1.96. The SMILES string of the molecule is CC(C)NC(=O)CSC(C)c1nc2ccccc2[nH]1. The number of nitrogens with one attached hydrogen (secondary N) is 2. The van der Waals surface area contributed by atoms with Gasteiger partial charge in [-0.1, -0.05) is 12.1 Å². The highest BCUT2D eigenvalue weighted by atomic mass is 32.2. The summed E-state index contributed by atoms with van der Waals surface area (Å²) < 4.78 is 0. The summed E-state index contributed by atoms with van der Waals surface area (Å²) in [4.78, 5) is 19.4. The molecule has 4 nitrogen and oxygen atoms in total. The van der Waals surface area contributed by atoms with Gasteiger partial charge in [0.15, 0.2) is 0 Å². The summed E-state index contributed by atoms with van der Waals surface area (Å²) in [5, 5.41) is 3.06. The number of rotatable bonds is 5. The molecule has 1 amide bonds. The summed E-state index contributed by atoms with van der Waals surface area (Å²) in [7, 11) is 0. The van der Waals surface area contributed by atoms with Gasteiger partial charge in [0.05, 0.1) is 22.0 Å². The number of carbonyl (C=O) groups excluding carboxylic acids is 1. The number of aromatic amines is 1. The van der Waals surface area contributed by atoms with E-state index in [4.69, 9.17) is 0 Å². The summed E-state index contributed by atoms with van der Waals surface area (Å²) >= 11 is 1.59. The summed E-state index contributed by atoms with van der Waals surface area (Å²) in [5.74, 6) is 1.45. The van der Waals surface area contributed by atoms with Crippen LogP contribution in [0.2, 0.25) is 0 Å². The summed E-state index contributed by atoms with van der Waals surface area (Å²) in [6, 6.07) is 8.14. The fraction of sp³-hybridized carbons (Fsp3) is 0.429. The van der Waals surface area contributed by atoms with Crippen LogP contribution < -0.4 is 5.32 Å². The molecule has 1 aromatic carbocycles. The molecule has 0 bridgehead atoms. The topological polar surface area (TPSA) is 57.8 Å². The molecule has 0 saturated heterocycles. The van der Waals surface area contributed by atoms with Crippen molar-refractivity contribution in [2.75, 3.05) is 5.75 Å². The molecule has 1 aromatic heterocycles.